The SMILES string of the molecule is Cc1ccccc1-c1noc(NCCc2ccc(Cl)cc2)n1. The Morgan fingerprint density at radius 2 is 1.86 bits per heavy atom. The Kier molecular flexibility index (Phi) is 4.39. The van der Waals surface area contributed by atoms with Crippen LogP contribution in [-0.2, 0) is 6.42 Å². The summed E-state index contributed by atoms with van der Waals surface area (Å²) in [6.07, 6.45) is 0.860. The molecule has 0 radical (unpaired) electrons. The van der Waals surface area contributed by atoms with E-state index in [4.69, 9.17) is 16.1 Å². The molecule has 1 N–H and O–H groups in total. The maximum absolute atomic E-state index is 5.87. The van der Waals surface area contributed by atoms with E-state index in [0.717, 1.165) is 29.1 Å². The second kappa shape index (κ2) is 6.62. The highest BCUT2D eigenvalue weighted by Crippen LogP contribution is 2.21. The van der Waals surface area contributed by atoms with E-state index >= 15 is 0 Å². The monoisotopic (exact) mass is 313 g/mol. The maximum Gasteiger partial charge on any atom is 0.321 e. The number of nitrogens with zero attached hydrogens (tertiary/aromatic N) is 2. The topological polar surface area (TPSA) is 51.0 Å². The van der Waals surface area contributed by atoms with Crippen LogP contribution in [0.1, 0.15) is 11.1 Å². The van der Waals surface area contributed by atoms with E-state index in [1.54, 1.807) is 0 Å². The van der Waals surface area contributed by atoms with Crippen molar-refractivity contribution in [2.45, 2.75) is 13.3 Å². The van der Waals surface area contributed by atoms with Crippen molar-refractivity contribution in [2.24, 2.45) is 0 Å². The fraction of sp³-hybridized carbons (Fsp3) is 0.176. The zero-order valence-corrected chi connectivity index (χ0v) is 13.0. The van der Waals surface area contributed by atoms with Crippen molar-refractivity contribution in [3.8, 4) is 11.4 Å². The largest absolute Gasteiger partial charge is 0.337 e. The number of hydrogen-bond donors (Lipinski definition) is 1. The molecule has 0 saturated heterocycles. The van der Waals surface area contributed by atoms with E-state index < -0.39 is 0 Å². The van der Waals surface area contributed by atoms with Crippen LogP contribution in [0.3, 0.4) is 0 Å². The van der Waals surface area contributed by atoms with Gasteiger partial charge in [0, 0.05) is 17.1 Å². The van der Waals surface area contributed by atoms with Gasteiger partial charge in [0.25, 0.3) is 0 Å². The van der Waals surface area contributed by atoms with Crippen molar-refractivity contribution in [3.63, 3.8) is 0 Å². The fourth-order valence-corrected chi connectivity index (χ4v) is 2.32. The molecule has 0 aliphatic heterocycles. The lowest BCUT2D eigenvalue weighted by molar-refractivity contribution is 0.432. The van der Waals surface area contributed by atoms with E-state index in [1.807, 2.05) is 55.5 Å². The standard InChI is InChI=1S/C17H16ClN3O/c1-12-4-2-3-5-15(12)16-20-17(22-21-16)19-11-10-13-6-8-14(18)9-7-13/h2-9H,10-11H2,1H3,(H,19,20,21). The molecule has 0 saturated carbocycles. The Balaban J connectivity index is 1.60. The Hall–Kier alpha value is -2.33. The molecule has 5 heteroatoms. The zero-order valence-electron chi connectivity index (χ0n) is 12.2. The smallest absolute Gasteiger partial charge is 0.321 e. The van der Waals surface area contributed by atoms with Gasteiger partial charge in [0.05, 0.1) is 0 Å². The van der Waals surface area contributed by atoms with Crippen LogP contribution >= 0.6 is 11.6 Å². The van der Waals surface area contributed by atoms with Crippen LogP contribution in [0.2, 0.25) is 5.02 Å². The van der Waals surface area contributed by atoms with E-state index in [-0.39, 0.29) is 0 Å². The molecule has 0 spiro atoms. The summed E-state index contributed by atoms with van der Waals surface area (Å²) in [5, 5.41) is 7.91. The van der Waals surface area contributed by atoms with Crippen molar-refractivity contribution in [1.82, 2.24) is 10.1 Å². The molecule has 22 heavy (non-hydrogen) atoms. The molecule has 1 aromatic heterocycles. The van der Waals surface area contributed by atoms with E-state index in [1.165, 1.54) is 5.56 Å². The van der Waals surface area contributed by atoms with Gasteiger partial charge in [-0.25, -0.2) is 0 Å². The van der Waals surface area contributed by atoms with Gasteiger partial charge < -0.3 is 9.84 Å². The minimum atomic E-state index is 0.437. The fourth-order valence-electron chi connectivity index (χ4n) is 2.19. The summed E-state index contributed by atoms with van der Waals surface area (Å²) >= 11 is 5.87. The van der Waals surface area contributed by atoms with Gasteiger partial charge in [0.1, 0.15) is 0 Å². The summed E-state index contributed by atoms with van der Waals surface area (Å²) in [5.74, 6) is 0.604. The van der Waals surface area contributed by atoms with Crippen LogP contribution < -0.4 is 5.32 Å². The minimum Gasteiger partial charge on any atom is -0.337 e. The first-order valence-corrected chi connectivity index (χ1v) is 7.48. The molecule has 4 nitrogen and oxygen atoms in total. The molecule has 3 rings (SSSR count). The Labute approximate surface area is 134 Å². The number of aromatic nitrogens is 2. The van der Waals surface area contributed by atoms with Gasteiger partial charge in [-0.1, -0.05) is 53.2 Å². The molecule has 2 aromatic carbocycles. The van der Waals surface area contributed by atoms with Crippen molar-refractivity contribution in [1.29, 1.82) is 0 Å². The average Bonchev–Trinajstić information content (AvgIpc) is 2.98. The lowest BCUT2D eigenvalue weighted by Crippen LogP contribution is -2.04. The molecule has 0 amide bonds. The average molecular weight is 314 g/mol. The number of benzene rings is 2. The third-order valence-corrected chi connectivity index (χ3v) is 3.67. The van der Waals surface area contributed by atoms with Crippen LogP contribution in [0, 0.1) is 6.92 Å². The number of nitrogens with one attached hydrogen (secondary N) is 1. The second-order valence-electron chi connectivity index (χ2n) is 5.04. The molecule has 0 fully saturated rings. The molecule has 3 aromatic rings. The molecular weight excluding hydrogens is 298 g/mol. The molecule has 0 aliphatic rings. The van der Waals surface area contributed by atoms with Gasteiger partial charge in [0.15, 0.2) is 0 Å². The maximum atomic E-state index is 5.87. The summed E-state index contributed by atoms with van der Waals surface area (Å²) < 4.78 is 5.24. The van der Waals surface area contributed by atoms with Crippen LogP contribution in [-0.4, -0.2) is 16.7 Å². The number of anilines is 1. The van der Waals surface area contributed by atoms with Gasteiger partial charge in [-0.05, 0) is 36.6 Å². The van der Waals surface area contributed by atoms with Crippen molar-refractivity contribution in [2.75, 3.05) is 11.9 Å². The van der Waals surface area contributed by atoms with Crippen molar-refractivity contribution in [3.05, 3.63) is 64.7 Å². The van der Waals surface area contributed by atoms with Crippen molar-refractivity contribution >= 4 is 17.6 Å². The molecule has 0 aliphatic carbocycles. The molecular formula is C17H16ClN3O. The van der Waals surface area contributed by atoms with Crippen LogP contribution in [0.5, 0.6) is 0 Å². The molecule has 112 valence electrons. The lowest BCUT2D eigenvalue weighted by Gasteiger charge is -2.02. The third kappa shape index (κ3) is 3.46. The first kappa shape index (κ1) is 14.6. The third-order valence-electron chi connectivity index (χ3n) is 3.42. The van der Waals surface area contributed by atoms with Crippen LogP contribution in [0.4, 0.5) is 6.01 Å². The Bertz CT molecular complexity index is 753. The van der Waals surface area contributed by atoms with Crippen LogP contribution in [0.25, 0.3) is 11.4 Å². The first-order chi connectivity index (χ1) is 10.7. The van der Waals surface area contributed by atoms with Gasteiger partial charge >= 0.3 is 6.01 Å². The molecule has 0 bridgehead atoms. The second-order valence-corrected chi connectivity index (χ2v) is 5.48. The van der Waals surface area contributed by atoms with E-state index in [0.29, 0.717) is 11.8 Å². The quantitative estimate of drug-likeness (QED) is 0.760. The van der Waals surface area contributed by atoms with Gasteiger partial charge in [-0.3, -0.25) is 0 Å². The lowest BCUT2D eigenvalue weighted by atomic mass is 10.1. The predicted octanol–water partition coefficient (Wildman–Crippen LogP) is 4.35. The van der Waals surface area contributed by atoms with E-state index in [2.05, 4.69) is 15.5 Å². The summed E-state index contributed by atoms with van der Waals surface area (Å²) in [4.78, 5) is 4.38. The highest BCUT2D eigenvalue weighted by atomic mass is 35.5. The molecule has 0 atom stereocenters. The number of aryl methyl sites for hydroxylation is 1. The summed E-state index contributed by atoms with van der Waals surface area (Å²) in [6.45, 7) is 2.75. The van der Waals surface area contributed by atoms with Gasteiger partial charge in [-0.15, -0.1) is 0 Å². The number of hydrogen-bond acceptors (Lipinski definition) is 4. The Morgan fingerprint density at radius 1 is 1.09 bits per heavy atom. The normalized spacial score (nSPS) is 10.6. The summed E-state index contributed by atoms with van der Waals surface area (Å²) in [5.41, 5.74) is 3.31. The predicted molar refractivity (Wildman–Crippen MR) is 88.1 cm³/mol. The Morgan fingerprint density at radius 3 is 2.64 bits per heavy atom. The van der Waals surface area contributed by atoms with E-state index in [9.17, 15) is 0 Å². The summed E-state index contributed by atoms with van der Waals surface area (Å²) in [7, 11) is 0. The summed E-state index contributed by atoms with van der Waals surface area (Å²) in [6, 6.07) is 16.2. The van der Waals surface area contributed by atoms with Crippen LogP contribution in [0.15, 0.2) is 53.1 Å². The number of halogens is 1. The number of rotatable bonds is 5. The minimum absolute atomic E-state index is 0.437. The first-order valence-electron chi connectivity index (χ1n) is 7.10. The van der Waals surface area contributed by atoms with Gasteiger partial charge in [-0.2, -0.15) is 4.98 Å². The molecule has 0 unspecified atom stereocenters. The highest BCUT2D eigenvalue weighted by molar-refractivity contribution is 6.30. The van der Waals surface area contributed by atoms with Gasteiger partial charge in [0.2, 0.25) is 5.82 Å². The zero-order chi connectivity index (χ0) is 15.4. The molecule has 1 heterocycles. The van der Waals surface area contributed by atoms with Crippen molar-refractivity contribution < 1.29 is 4.52 Å². The highest BCUT2D eigenvalue weighted by Gasteiger charge is 2.09.